The van der Waals surface area contributed by atoms with Crippen LogP contribution < -0.4 is 5.32 Å². The standard InChI is InChI=1S/C22H20N4O3/c1-14-18(5-6-19-20(14)13-29-22(19)28)21(27)11-24-9-16-10-25-26(12-16)17-4-2-3-15(7-17)8-23/h2-7,10,12,21,24,27H,9,11,13H2,1H3/t21-/m0/s1. The van der Waals surface area contributed by atoms with Gasteiger partial charge in [-0.3, -0.25) is 0 Å². The number of nitriles is 1. The molecule has 0 radical (unpaired) electrons. The monoisotopic (exact) mass is 388 g/mol. The molecule has 146 valence electrons. The van der Waals surface area contributed by atoms with Crippen molar-refractivity contribution in [3.8, 4) is 11.8 Å². The van der Waals surface area contributed by atoms with Crippen LogP contribution in [0.25, 0.3) is 5.69 Å². The molecule has 0 fully saturated rings. The smallest absolute Gasteiger partial charge is 0.338 e. The van der Waals surface area contributed by atoms with Crippen molar-refractivity contribution in [2.24, 2.45) is 0 Å². The lowest BCUT2D eigenvalue weighted by Gasteiger charge is -2.16. The van der Waals surface area contributed by atoms with Crippen LogP contribution in [-0.4, -0.2) is 27.4 Å². The maximum atomic E-state index is 11.6. The summed E-state index contributed by atoms with van der Waals surface area (Å²) in [4.78, 5) is 11.6. The summed E-state index contributed by atoms with van der Waals surface area (Å²) in [5.74, 6) is -0.306. The number of aromatic nitrogens is 2. The number of ether oxygens (including phenoxy) is 1. The van der Waals surface area contributed by atoms with Crippen LogP contribution in [0.1, 0.15) is 44.3 Å². The maximum absolute atomic E-state index is 11.6. The average molecular weight is 388 g/mol. The summed E-state index contributed by atoms with van der Waals surface area (Å²) < 4.78 is 6.79. The van der Waals surface area contributed by atoms with Gasteiger partial charge in [-0.1, -0.05) is 12.1 Å². The molecule has 0 bridgehead atoms. The number of aliphatic hydroxyl groups is 1. The Morgan fingerprint density at radius 3 is 3.07 bits per heavy atom. The predicted octanol–water partition coefficient (Wildman–Crippen LogP) is 2.55. The summed E-state index contributed by atoms with van der Waals surface area (Å²) in [6.45, 7) is 3.07. The predicted molar refractivity (Wildman–Crippen MR) is 105 cm³/mol. The second-order valence-corrected chi connectivity index (χ2v) is 6.98. The SMILES string of the molecule is Cc1c([C@@H](O)CNCc2cnn(-c3cccc(C#N)c3)c2)ccc2c1COC2=O. The number of benzene rings is 2. The molecule has 2 N–H and O–H groups in total. The fourth-order valence-electron chi connectivity index (χ4n) is 3.50. The van der Waals surface area contributed by atoms with Crippen LogP contribution in [0.2, 0.25) is 0 Å². The zero-order valence-electron chi connectivity index (χ0n) is 15.9. The molecule has 0 aliphatic carbocycles. The van der Waals surface area contributed by atoms with E-state index in [2.05, 4.69) is 16.5 Å². The molecule has 2 aromatic carbocycles. The Morgan fingerprint density at radius 2 is 2.24 bits per heavy atom. The number of fused-ring (bicyclic) bond motifs is 1. The quantitative estimate of drug-likeness (QED) is 0.630. The summed E-state index contributed by atoms with van der Waals surface area (Å²) in [6, 6.07) is 12.9. The first-order chi connectivity index (χ1) is 14.1. The molecule has 0 saturated carbocycles. The summed E-state index contributed by atoms with van der Waals surface area (Å²) >= 11 is 0. The van der Waals surface area contributed by atoms with Crippen molar-refractivity contribution < 1.29 is 14.6 Å². The van der Waals surface area contributed by atoms with Gasteiger partial charge in [0.05, 0.1) is 35.2 Å². The number of nitrogens with zero attached hydrogens (tertiary/aromatic N) is 3. The highest BCUT2D eigenvalue weighted by molar-refractivity contribution is 5.93. The van der Waals surface area contributed by atoms with Crippen molar-refractivity contribution in [2.45, 2.75) is 26.2 Å². The summed E-state index contributed by atoms with van der Waals surface area (Å²) in [5.41, 5.74) is 5.49. The van der Waals surface area contributed by atoms with Crippen molar-refractivity contribution in [3.05, 3.63) is 82.2 Å². The second-order valence-electron chi connectivity index (χ2n) is 6.98. The number of rotatable bonds is 6. The topological polar surface area (TPSA) is 100 Å². The van der Waals surface area contributed by atoms with Crippen LogP contribution in [-0.2, 0) is 17.9 Å². The third kappa shape index (κ3) is 3.76. The van der Waals surface area contributed by atoms with Crippen molar-refractivity contribution in [2.75, 3.05) is 6.54 Å². The molecule has 0 saturated heterocycles. The van der Waals surface area contributed by atoms with E-state index in [4.69, 9.17) is 10.00 Å². The van der Waals surface area contributed by atoms with Crippen molar-refractivity contribution in [1.82, 2.24) is 15.1 Å². The Balaban J connectivity index is 1.38. The van der Waals surface area contributed by atoms with E-state index in [9.17, 15) is 9.90 Å². The second kappa shape index (κ2) is 7.87. The number of carbonyl (C=O) groups excluding carboxylic acids is 1. The highest BCUT2D eigenvalue weighted by Gasteiger charge is 2.25. The average Bonchev–Trinajstić information content (AvgIpc) is 3.36. The first-order valence-corrected chi connectivity index (χ1v) is 9.29. The normalized spacial score (nSPS) is 13.6. The van der Waals surface area contributed by atoms with Crippen LogP contribution in [0.15, 0.2) is 48.8 Å². The molecule has 0 spiro atoms. The number of hydrogen-bond donors (Lipinski definition) is 2. The van der Waals surface area contributed by atoms with E-state index in [0.29, 0.717) is 24.2 Å². The van der Waals surface area contributed by atoms with Gasteiger partial charge >= 0.3 is 5.97 Å². The molecule has 2 heterocycles. The molecule has 0 unspecified atom stereocenters. The van der Waals surface area contributed by atoms with Gasteiger partial charge in [-0.05, 0) is 42.3 Å². The first kappa shape index (κ1) is 18.9. The number of hydrogen-bond acceptors (Lipinski definition) is 6. The van der Waals surface area contributed by atoms with Gasteiger partial charge in [-0.15, -0.1) is 0 Å². The molecule has 29 heavy (non-hydrogen) atoms. The van der Waals surface area contributed by atoms with Gasteiger partial charge in [-0.2, -0.15) is 10.4 Å². The Bertz CT molecular complexity index is 1110. The Morgan fingerprint density at radius 1 is 1.38 bits per heavy atom. The number of esters is 1. The van der Waals surface area contributed by atoms with Crippen LogP contribution in [0.3, 0.4) is 0 Å². The fourth-order valence-corrected chi connectivity index (χ4v) is 3.50. The minimum absolute atomic E-state index is 0.264. The molecule has 7 heteroatoms. The zero-order valence-corrected chi connectivity index (χ0v) is 15.9. The third-order valence-corrected chi connectivity index (χ3v) is 5.11. The van der Waals surface area contributed by atoms with Crippen molar-refractivity contribution in [3.63, 3.8) is 0 Å². The van der Waals surface area contributed by atoms with E-state index in [1.807, 2.05) is 25.3 Å². The van der Waals surface area contributed by atoms with Crippen LogP contribution in [0, 0.1) is 18.3 Å². The van der Waals surface area contributed by atoms with Gasteiger partial charge < -0.3 is 15.2 Å². The highest BCUT2D eigenvalue weighted by atomic mass is 16.5. The Labute approximate surface area is 168 Å². The molecule has 3 aromatic rings. The number of nitrogens with one attached hydrogen (secondary N) is 1. The molecule has 1 atom stereocenters. The lowest BCUT2D eigenvalue weighted by atomic mass is 9.95. The van der Waals surface area contributed by atoms with Gasteiger partial charge in [-0.25, -0.2) is 9.48 Å². The molecule has 1 aromatic heterocycles. The van der Waals surface area contributed by atoms with Crippen molar-refractivity contribution in [1.29, 1.82) is 5.26 Å². The van der Waals surface area contributed by atoms with E-state index >= 15 is 0 Å². The van der Waals surface area contributed by atoms with Gasteiger partial charge in [0.1, 0.15) is 6.61 Å². The largest absolute Gasteiger partial charge is 0.457 e. The number of aliphatic hydroxyl groups excluding tert-OH is 1. The summed E-state index contributed by atoms with van der Waals surface area (Å²) in [5, 5.41) is 27.2. The Hall–Kier alpha value is -3.47. The molecule has 1 aliphatic heterocycles. The van der Waals surface area contributed by atoms with Crippen LogP contribution in [0.5, 0.6) is 0 Å². The van der Waals surface area contributed by atoms with Gasteiger partial charge in [0.15, 0.2) is 0 Å². The molecular formula is C22H20N4O3. The number of cyclic esters (lactones) is 1. The first-order valence-electron chi connectivity index (χ1n) is 9.29. The molecule has 7 nitrogen and oxygen atoms in total. The van der Waals surface area contributed by atoms with Gasteiger partial charge in [0.2, 0.25) is 0 Å². The third-order valence-electron chi connectivity index (χ3n) is 5.11. The van der Waals surface area contributed by atoms with Gasteiger partial charge in [0.25, 0.3) is 0 Å². The van der Waals surface area contributed by atoms with Crippen molar-refractivity contribution >= 4 is 5.97 Å². The molecule has 1 aliphatic rings. The molecule has 4 rings (SSSR count). The minimum Gasteiger partial charge on any atom is -0.457 e. The van der Waals surface area contributed by atoms with E-state index in [0.717, 1.165) is 27.9 Å². The zero-order chi connectivity index (χ0) is 20.4. The highest BCUT2D eigenvalue weighted by Crippen LogP contribution is 2.28. The van der Waals surface area contributed by atoms with Crippen LogP contribution >= 0.6 is 0 Å². The molecular weight excluding hydrogens is 368 g/mol. The number of carbonyl (C=O) groups is 1. The van der Waals surface area contributed by atoms with Crippen LogP contribution in [0.4, 0.5) is 0 Å². The Kier molecular flexibility index (Phi) is 5.12. The minimum atomic E-state index is -0.696. The summed E-state index contributed by atoms with van der Waals surface area (Å²) in [7, 11) is 0. The molecule has 0 amide bonds. The van der Waals surface area contributed by atoms with E-state index < -0.39 is 6.10 Å². The van der Waals surface area contributed by atoms with E-state index in [1.54, 1.807) is 35.1 Å². The van der Waals surface area contributed by atoms with Gasteiger partial charge in [0, 0.05) is 30.4 Å². The summed E-state index contributed by atoms with van der Waals surface area (Å²) in [6.07, 6.45) is 2.94. The lowest BCUT2D eigenvalue weighted by molar-refractivity contribution is 0.0535. The van der Waals surface area contributed by atoms with E-state index in [1.165, 1.54) is 0 Å². The fraction of sp³-hybridized carbons (Fsp3) is 0.227. The maximum Gasteiger partial charge on any atom is 0.338 e. The lowest BCUT2D eigenvalue weighted by Crippen LogP contribution is -2.21. The van der Waals surface area contributed by atoms with E-state index in [-0.39, 0.29) is 12.6 Å².